The second-order valence-electron chi connectivity index (χ2n) is 6.88. The van der Waals surface area contributed by atoms with Crippen LogP contribution >= 0.6 is 11.8 Å². The van der Waals surface area contributed by atoms with Gasteiger partial charge in [0.2, 0.25) is 5.88 Å². The fourth-order valence-electron chi connectivity index (χ4n) is 2.89. The third-order valence-corrected chi connectivity index (χ3v) is 5.84. The molecule has 0 unspecified atom stereocenters. The van der Waals surface area contributed by atoms with Crippen LogP contribution in [-0.2, 0) is 0 Å². The molecule has 1 aromatic heterocycles. The zero-order valence-electron chi connectivity index (χ0n) is 16.8. The Kier molecular flexibility index (Phi) is 6.73. The zero-order valence-corrected chi connectivity index (χ0v) is 17.6. The maximum Gasteiger partial charge on any atom is 0.422 e. The number of carbonyl (C=O) groups is 1. The van der Waals surface area contributed by atoms with Crippen LogP contribution in [0.3, 0.4) is 0 Å². The number of ether oxygens (including phenoxy) is 1. The number of amidine groups is 1. The minimum atomic E-state index is -4.57. The Hall–Kier alpha value is -3.47. The van der Waals surface area contributed by atoms with Crippen molar-refractivity contribution in [3.05, 3.63) is 47.4 Å². The van der Waals surface area contributed by atoms with Crippen molar-refractivity contribution in [2.24, 2.45) is 10.7 Å². The van der Waals surface area contributed by atoms with Crippen molar-refractivity contribution >= 4 is 28.5 Å². The maximum absolute atomic E-state index is 14.4. The van der Waals surface area contributed by atoms with E-state index in [1.54, 1.807) is 0 Å². The van der Waals surface area contributed by atoms with Gasteiger partial charge in [-0.2, -0.15) is 18.4 Å². The van der Waals surface area contributed by atoms with E-state index in [2.05, 4.69) is 25.0 Å². The van der Waals surface area contributed by atoms with Crippen LogP contribution in [-0.4, -0.2) is 45.6 Å². The molecule has 1 aliphatic rings. The van der Waals surface area contributed by atoms with Crippen molar-refractivity contribution in [2.75, 3.05) is 19.0 Å². The Morgan fingerprint density at radius 3 is 2.70 bits per heavy atom. The van der Waals surface area contributed by atoms with Crippen LogP contribution in [0, 0.1) is 23.0 Å². The number of aromatic nitrogens is 2. The molecule has 3 N–H and O–H groups in total. The van der Waals surface area contributed by atoms with Gasteiger partial charge in [-0.25, -0.2) is 18.7 Å². The lowest BCUT2D eigenvalue weighted by Crippen LogP contribution is -2.20. The summed E-state index contributed by atoms with van der Waals surface area (Å²) < 4.78 is 68.4. The Bertz CT molecular complexity index is 1140. The van der Waals surface area contributed by atoms with Crippen LogP contribution in [0.4, 0.5) is 27.6 Å². The van der Waals surface area contributed by atoms with Crippen molar-refractivity contribution < 1.29 is 31.5 Å². The summed E-state index contributed by atoms with van der Waals surface area (Å²) >= 11 is 0.944. The number of alkyl halides is 3. The van der Waals surface area contributed by atoms with Crippen molar-refractivity contribution in [1.29, 1.82) is 5.26 Å². The topological polar surface area (TPSA) is 126 Å². The minimum Gasteiger partial charge on any atom is -0.467 e. The molecule has 3 rings (SSSR count). The van der Waals surface area contributed by atoms with Gasteiger partial charge < -0.3 is 15.8 Å². The number of nitrogens with two attached hydrogens (primary N) is 1. The molecule has 2 atom stereocenters. The number of halogens is 5. The molecule has 1 aliphatic carbocycles. The molecule has 0 spiro atoms. The molecule has 1 saturated carbocycles. The molecular weight excluding hydrogens is 471 g/mol. The molecule has 0 radical (unpaired) electrons. The van der Waals surface area contributed by atoms with E-state index in [9.17, 15) is 32.0 Å². The van der Waals surface area contributed by atoms with Gasteiger partial charge in [0.05, 0.1) is 18.5 Å². The molecular formula is C19H15F5N6O2S. The van der Waals surface area contributed by atoms with Crippen LogP contribution < -0.4 is 15.8 Å². The first-order valence-corrected chi connectivity index (χ1v) is 9.94. The van der Waals surface area contributed by atoms with Gasteiger partial charge in [0.25, 0.3) is 5.91 Å². The second kappa shape index (κ2) is 9.18. The van der Waals surface area contributed by atoms with Gasteiger partial charge in [-0.1, -0.05) is 11.8 Å². The zero-order chi connectivity index (χ0) is 24.4. The van der Waals surface area contributed by atoms with E-state index in [-0.39, 0.29) is 28.5 Å². The molecule has 1 fully saturated rings. The highest BCUT2D eigenvalue weighted by Gasteiger charge is 2.58. The fraction of sp³-hybridized carbons (Fsp3) is 0.316. The van der Waals surface area contributed by atoms with E-state index in [1.165, 1.54) is 13.1 Å². The van der Waals surface area contributed by atoms with Gasteiger partial charge in [-0.15, -0.1) is 0 Å². The molecule has 1 aromatic carbocycles. The first-order chi connectivity index (χ1) is 15.5. The van der Waals surface area contributed by atoms with Crippen molar-refractivity contribution in [1.82, 2.24) is 9.97 Å². The quantitative estimate of drug-likeness (QED) is 0.364. The summed E-state index contributed by atoms with van der Waals surface area (Å²) in [4.78, 5) is 23.3. The first kappa shape index (κ1) is 24.2. The maximum atomic E-state index is 14.4. The van der Waals surface area contributed by atoms with E-state index in [1.807, 2.05) is 6.07 Å². The third kappa shape index (κ3) is 5.67. The molecule has 1 amide bonds. The Balaban J connectivity index is 1.75. The highest BCUT2D eigenvalue weighted by atomic mass is 32.2. The van der Waals surface area contributed by atoms with E-state index < -0.39 is 46.9 Å². The summed E-state index contributed by atoms with van der Waals surface area (Å²) in [7, 11) is 1.43. The van der Waals surface area contributed by atoms with Crippen LogP contribution in [0.1, 0.15) is 28.4 Å². The van der Waals surface area contributed by atoms with Crippen LogP contribution in [0.25, 0.3) is 0 Å². The van der Waals surface area contributed by atoms with Gasteiger partial charge in [0.15, 0.2) is 23.4 Å². The standard InChI is InChI=1S/C19H15F5N6O2S/c1-27-17(26)33-18(7-25)4-11(18)10-2-9(3-12(20)15(10)21)30-16(31)13-5-29-14(6-28-13)32-8-19(22,23)24/h2-3,5-6,11H,4,8H2,1H3,(H2,26,27)(H,30,31)/t11-,18+/m0/s1. The summed E-state index contributed by atoms with van der Waals surface area (Å²) in [6, 6.07) is 3.98. The molecule has 1 heterocycles. The predicted molar refractivity (Wildman–Crippen MR) is 109 cm³/mol. The third-order valence-electron chi connectivity index (χ3n) is 4.54. The van der Waals surface area contributed by atoms with Crippen LogP contribution in [0.2, 0.25) is 0 Å². The number of rotatable bonds is 6. The smallest absolute Gasteiger partial charge is 0.422 e. The lowest BCUT2D eigenvalue weighted by Gasteiger charge is -2.12. The largest absolute Gasteiger partial charge is 0.467 e. The number of benzene rings is 1. The number of aliphatic imine (C=N–C) groups is 1. The molecule has 14 heteroatoms. The fourth-order valence-corrected chi connectivity index (χ4v) is 3.92. The van der Waals surface area contributed by atoms with Gasteiger partial charge >= 0.3 is 6.18 Å². The van der Waals surface area contributed by atoms with Gasteiger partial charge in [-0.05, 0) is 18.1 Å². The van der Waals surface area contributed by atoms with Gasteiger partial charge in [-0.3, -0.25) is 9.79 Å². The number of nitrogens with zero attached hydrogens (tertiary/aromatic N) is 4. The van der Waals surface area contributed by atoms with Crippen LogP contribution in [0.5, 0.6) is 5.88 Å². The van der Waals surface area contributed by atoms with E-state index in [4.69, 9.17) is 5.73 Å². The van der Waals surface area contributed by atoms with E-state index in [0.29, 0.717) is 0 Å². The molecule has 0 aliphatic heterocycles. The minimum absolute atomic E-state index is 0.116. The molecule has 2 aromatic rings. The Morgan fingerprint density at radius 2 is 2.12 bits per heavy atom. The second-order valence-corrected chi connectivity index (χ2v) is 8.23. The number of thioether (sulfide) groups is 1. The van der Waals surface area contributed by atoms with Crippen LogP contribution in [0.15, 0.2) is 29.5 Å². The number of nitrogens with one attached hydrogen (secondary N) is 1. The van der Waals surface area contributed by atoms with Crippen molar-refractivity contribution in [2.45, 2.75) is 23.3 Å². The van der Waals surface area contributed by atoms with Gasteiger partial charge in [0, 0.05) is 24.7 Å². The summed E-state index contributed by atoms with van der Waals surface area (Å²) in [5.41, 5.74) is 5.11. The number of nitriles is 1. The van der Waals surface area contributed by atoms with E-state index >= 15 is 0 Å². The lowest BCUT2D eigenvalue weighted by molar-refractivity contribution is -0.154. The molecule has 0 bridgehead atoms. The Labute approximate surface area is 188 Å². The molecule has 174 valence electrons. The highest BCUT2D eigenvalue weighted by molar-refractivity contribution is 8.15. The highest BCUT2D eigenvalue weighted by Crippen LogP contribution is 2.60. The first-order valence-electron chi connectivity index (χ1n) is 9.12. The van der Waals surface area contributed by atoms with Crippen molar-refractivity contribution in [3.63, 3.8) is 0 Å². The predicted octanol–water partition coefficient (Wildman–Crippen LogP) is 3.38. The number of anilines is 1. The lowest BCUT2D eigenvalue weighted by atomic mass is 10.1. The van der Waals surface area contributed by atoms with Crippen molar-refractivity contribution in [3.8, 4) is 11.9 Å². The monoisotopic (exact) mass is 486 g/mol. The summed E-state index contributed by atoms with van der Waals surface area (Å²) in [5, 5.41) is 11.9. The number of hydrogen-bond acceptors (Lipinski definition) is 7. The molecule has 0 saturated heterocycles. The number of hydrogen-bond donors (Lipinski definition) is 2. The summed E-state index contributed by atoms with van der Waals surface area (Å²) in [5.74, 6) is -4.42. The average Bonchev–Trinajstić information content (AvgIpc) is 3.48. The molecule has 8 nitrogen and oxygen atoms in total. The summed E-state index contributed by atoms with van der Waals surface area (Å²) in [6.07, 6.45) is -2.68. The SMILES string of the molecule is C/N=C(/N)S[C@@]1(C#N)C[C@H]1c1cc(NC(=O)c2cnc(OCC(F)(F)F)cn2)cc(F)c1F. The number of carbonyl (C=O) groups excluding carboxylic acids is 1. The number of amides is 1. The van der Waals surface area contributed by atoms with E-state index in [0.717, 1.165) is 30.2 Å². The van der Waals surface area contributed by atoms with Gasteiger partial charge in [0.1, 0.15) is 10.4 Å². The summed E-state index contributed by atoms with van der Waals surface area (Å²) in [6.45, 7) is -1.58. The molecule has 33 heavy (non-hydrogen) atoms. The normalized spacial score (nSPS) is 20.2. The average molecular weight is 486 g/mol. The Morgan fingerprint density at radius 1 is 1.39 bits per heavy atom.